The number of nitrogens with zero attached hydrogens (tertiary/aromatic N) is 2. The topological polar surface area (TPSA) is 79.8 Å². The third-order valence-corrected chi connectivity index (χ3v) is 4.25. The van der Waals surface area contributed by atoms with E-state index in [9.17, 15) is 14.0 Å². The van der Waals surface area contributed by atoms with Crippen molar-refractivity contribution in [1.82, 2.24) is 20.1 Å². The monoisotopic (exact) mass is 362 g/mol. The number of benzene rings is 2. The number of hydrogen-bond acceptors (Lipinski definition) is 3. The summed E-state index contributed by atoms with van der Waals surface area (Å²) in [5, 5.41) is 8.28. The Morgan fingerprint density at radius 3 is 2.78 bits per heavy atom. The molecule has 0 radical (unpaired) electrons. The van der Waals surface area contributed by atoms with Crippen LogP contribution in [0.25, 0.3) is 16.5 Å². The fourth-order valence-corrected chi connectivity index (χ4v) is 2.89. The maximum absolute atomic E-state index is 13.3. The van der Waals surface area contributed by atoms with Gasteiger partial charge in [-0.1, -0.05) is 24.3 Å². The molecule has 1 amide bonds. The predicted octanol–water partition coefficient (Wildman–Crippen LogP) is 2.78. The highest BCUT2D eigenvalue weighted by Gasteiger charge is 2.11. The Hall–Kier alpha value is -3.74. The van der Waals surface area contributed by atoms with Crippen LogP contribution in [0.5, 0.6) is 0 Å². The molecule has 0 unspecified atom stereocenters. The Morgan fingerprint density at radius 1 is 1.15 bits per heavy atom. The quantitative estimate of drug-likeness (QED) is 0.586. The van der Waals surface area contributed by atoms with Crippen LogP contribution in [0.3, 0.4) is 0 Å². The summed E-state index contributed by atoms with van der Waals surface area (Å²) in [4.78, 5) is 27.0. The molecule has 0 bridgehead atoms. The Kier molecular flexibility index (Phi) is 4.25. The number of carbonyl (C=O) groups is 1. The van der Waals surface area contributed by atoms with Crippen LogP contribution < -0.4 is 10.9 Å². The van der Waals surface area contributed by atoms with Crippen molar-refractivity contribution in [3.8, 4) is 5.69 Å². The van der Waals surface area contributed by atoms with Crippen molar-refractivity contribution >= 4 is 16.7 Å². The minimum Gasteiger partial charge on any atom is -0.348 e. The molecular formula is C20H15FN4O2. The number of pyridine rings is 1. The van der Waals surface area contributed by atoms with E-state index in [1.165, 1.54) is 29.2 Å². The van der Waals surface area contributed by atoms with Gasteiger partial charge in [0.05, 0.1) is 17.4 Å². The lowest BCUT2D eigenvalue weighted by Crippen LogP contribution is -2.23. The molecule has 0 fully saturated rings. The van der Waals surface area contributed by atoms with E-state index < -0.39 is 0 Å². The minimum atomic E-state index is -0.376. The molecule has 134 valence electrons. The maximum atomic E-state index is 13.3. The number of H-pyrrole nitrogens is 1. The molecular weight excluding hydrogens is 347 g/mol. The largest absolute Gasteiger partial charge is 0.348 e. The van der Waals surface area contributed by atoms with Gasteiger partial charge in [0.1, 0.15) is 5.82 Å². The molecule has 0 aliphatic carbocycles. The summed E-state index contributed by atoms with van der Waals surface area (Å²) >= 11 is 0. The molecule has 4 aromatic rings. The molecule has 7 heteroatoms. The predicted molar refractivity (Wildman–Crippen MR) is 99.3 cm³/mol. The number of carbonyl (C=O) groups excluding carboxylic acids is 1. The number of fused-ring (bicyclic) bond motifs is 1. The highest BCUT2D eigenvalue weighted by molar-refractivity contribution is 5.94. The molecule has 2 heterocycles. The van der Waals surface area contributed by atoms with Gasteiger partial charge in [-0.2, -0.15) is 5.10 Å². The second-order valence-corrected chi connectivity index (χ2v) is 6.02. The van der Waals surface area contributed by atoms with Crippen LogP contribution in [0.1, 0.15) is 15.9 Å². The van der Waals surface area contributed by atoms with Crippen LogP contribution in [0.15, 0.2) is 71.9 Å². The molecule has 4 rings (SSSR count). The summed E-state index contributed by atoms with van der Waals surface area (Å²) in [6.45, 7) is 0.251. The SMILES string of the molecule is O=C(NCc1c[nH]c(=O)c2ccccc12)c1cnn(-c2cccc(F)c2)c1. The van der Waals surface area contributed by atoms with Gasteiger partial charge in [0.15, 0.2) is 0 Å². The van der Waals surface area contributed by atoms with E-state index in [4.69, 9.17) is 0 Å². The Balaban J connectivity index is 1.53. The van der Waals surface area contributed by atoms with Crippen LogP contribution in [0.2, 0.25) is 0 Å². The first-order valence-electron chi connectivity index (χ1n) is 8.30. The van der Waals surface area contributed by atoms with Crippen molar-refractivity contribution in [2.24, 2.45) is 0 Å². The van der Waals surface area contributed by atoms with Crippen LogP contribution in [-0.4, -0.2) is 20.7 Å². The highest BCUT2D eigenvalue weighted by Crippen LogP contribution is 2.14. The zero-order valence-electron chi connectivity index (χ0n) is 14.1. The second-order valence-electron chi connectivity index (χ2n) is 6.02. The third kappa shape index (κ3) is 3.35. The Bertz CT molecular complexity index is 1200. The van der Waals surface area contributed by atoms with Gasteiger partial charge >= 0.3 is 0 Å². The van der Waals surface area contributed by atoms with Gasteiger partial charge in [-0.3, -0.25) is 9.59 Å². The summed E-state index contributed by atoms with van der Waals surface area (Å²) in [6.07, 6.45) is 4.56. The van der Waals surface area contributed by atoms with E-state index in [-0.39, 0.29) is 23.8 Å². The van der Waals surface area contributed by atoms with Crippen LogP contribution in [0.4, 0.5) is 4.39 Å². The number of aromatic amines is 1. The van der Waals surface area contributed by atoms with Crippen molar-refractivity contribution in [2.45, 2.75) is 6.54 Å². The average molecular weight is 362 g/mol. The lowest BCUT2D eigenvalue weighted by molar-refractivity contribution is 0.0951. The lowest BCUT2D eigenvalue weighted by atomic mass is 10.1. The molecule has 0 aliphatic heterocycles. The fraction of sp³-hybridized carbons (Fsp3) is 0.0500. The second kappa shape index (κ2) is 6.87. The zero-order valence-corrected chi connectivity index (χ0v) is 14.1. The summed E-state index contributed by atoms with van der Waals surface area (Å²) in [5.74, 6) is -0.688. The van der Waals surface area contributed by atoms with E-state index in [0.29, 0.717) is 16.6 Å². The van der Waals surface area contributed by atoms with Gasteiger partial charge in [0.25, 0.3) is 11.5 Å². The van der Waals surface area contributed by atoms with Gasteiger partial charge in [-0.05, 0) is 35.2 Å². The first-order valence-corrected chi connectivity index (χ1v) is 8.30. The molecule has 0 atom stereocenters. The molecule has 27 heavy (non-hydrogen) atoms. The van der Waals surface area contributed by atoms with Gasteiger partial charge in [0, 0.05) is 24.3 Å². The van der Waals surface area contributed by atoms with Crippen molar-refractivity contribution in [2.75, 3.05) is 0 Å². The first kappa shape index (κ1) is 16.7. The van der Waals surface area contributed by atoms with Crippen molar-refractivity contribution in [3.05, 3.63) is 94.4 Å². The molecule has 2 aromatic heterocycles. The van der Waals surface area contributed by atoms with Crippen molar-refractivity contribution < 1.29 is 9.18 Å². The van der Waals surface area contributed by atoms with Crippen molar-refractivity contribution in [3.63, 3.8) is 0 Å². The summed E-state index contributed by atoms with van der Waals surface area (Å²) in [6, 6.07) is 13.2. The van der Waals surface area contributed by atoms with Crippen molar-refractivity contribution in [1.29, 1.82) is 0 Å². The van der Waals surface area contributed by atoms with Gasteiger partial charge in [-0.15, -0.1) is 0 Å². The Morgan fingerprint density at radius 2 is 1.96 bits per heavy atom. The van der Waals surface area contributed by atoms with E-state index in [0.717, 1.165) is 10.9 Å². The van der Waals surface area contributed by atoms with E-state index in [2.05, 4.69) is 15.4 Å². The minimum absolute atomic E-state index is 0.169. The molecule has 2 aromatic carbocycles. The summed E-state index contributed by atoms with van der Waals surface area (Å²) in [7, 11) is 0. The summed E-state index contributed by atoms with van der Waals surface area (Å²) < 4.78 is 14.8. The van der Waals surface area contributed by atoms with E-state index in [1.807, 2.05) is 12.1 Å². The molecule has 2 N–H and O–H groups in total. The standard InChI is InChI=1S/C20H15FN4O2/c21-15-4-3-5-16(8-15)25-12-14(11-24-25)19(26)22-9-13-10-23-20(27)18-7-2-1-6-17(13)18/h1-8,10-12H,9H2,(H,22,26)(H,23,27). The van der Waals surface area contributed by atoms with Gasteiger partial charge in [0.2, 0.25) is 0 Å². The van der Waals surface area contributed by atoms with Gasteiger partial charge < -0.3 is 10.3 Å². The summed E-state index contributed by atoms with van der Waals surface area (Å²) in [5.41, 5.74) is 1.52. The van der Waals surface area contributed by atoms with Gasteiger partial charge in [-0.25, -0.2) is 9.07 Å². The number of aromatic nitrogens is 3. The average Bonchev–Trinajstić information content (AvgIpc) is 3.18. The molecule has 0 spiro atoms. The first-order chi connectivity index (χ1) is 13.1. The lowest BCUT2D eigenvalue weighted by Gasteiger charge is -2.07. The molecule has 0 aliphatic rings. The fourth-order valence-electron chi connectivity index (χ4n) is 2.89. The van der Waals surface area contributed by atoms with Crippen LogP contribution >= 0.6 is 0 Å². The molecule has 0 saturated carbocycles. The number of rotatable bonds is 4. The zero-order chi connectivity index (χ0) is 18.8. The number of amides is 1. The normalized spacial score (nSPS) is 10.9. The van der Waals surface area contributed by atoms with Crippen LogP contribution in [0, 0.1) is 5.82 Å². The number of halogens is 1. The highest BCUT2D eigenvalue weighted by atomic mass is 19.1. The van der Waals surface area contributed by atoms with E-state index in [1.54, 1.807) is 30.5 Å². The third-order valence-electron chi connectivity index (χ3n) is 4.25. The maximum Gasteiger partial charge on any atom is 0.255 e. The number of nitrogens with one attached hydrogen (secondary N) is 2. The number of hydrogen-bond donors (Lipinski definition) is 2. The molecule has 0 saturated heterocycles. The smallest absolute Gasteiger partial charge is 0.255 e. The van der Waals surface area contributed by atoms with E-state index >= 15 is 0 Å². The Labute approximate surface area is 153 Å². The van der Waals surface area contributed by atoms with Crippen LogP contribution in [-0.2, 0) is 6.54 Å². The molecule has 6 nitrogen and oxygen atoms in total.